The maximum Gasteiger partial charge on any atom is 0.0693 e. The summed E-state index contributed by atoms with van der Waals surface area (Å²) in [5, 5.41) is 10.0. The predicted molar refractivity (Wildman–Crippen MR) is 75.3 cm³/mol. The third kappa shape index (κ3) is 3.25. The van der Waals surface area contributed by atoms with Crippen molar-refractivity contribution >= 4 is 0 Å². The lowest BCUT2D eigenvalue weighted by Crippen LogP contribution is -2.50. The molecule has 3 nitrogen and oxygen atoms in total. The second kappa shape index (κ2) is 5.89. The molecule has 3 N–H and O–H groups in total. The molecule has 0 bridgehead atoms. The number of β-amino-alcohol motifs (C(OH)–C–C–N with tert-alkyl or cyclic N) is 1. The summed E-state index contributed by atoms with van der Waals surface area (Å²) in [4.78, 5) is 2.45. The standard InChI is InChI=1S/C15H30N2O/c1-12-3-6-15(10-16,7-4-12)11-17-8-5-13(2)14(18)9-17/h12-14,18H,3-11,16H2,1-2H3. The molecule has 1 saturated carbocycles. The summed E-state index contributed by atoms with van der Waals surface area (Å²) in [6.07, 6.45) is 6.17. The lowest BCUT2D eigenvalue weighted by molar-refractivity contribution is 0.00106. The Morgan fingerprint density at radius 1 is 1.22 bits per heavy atom. The molecule has 0 aromatic carbocycles. The van der Waals surface area contributed by atoms with Crippen LogP contribution in [0, 0.1) is 17.3 Å². The van der Waals surface area contributed by atoms with E-state index in [1.165, 1.54) is 25.7 Å². The Balaban J connectivity index is 1.90. The zero-order valence-electron chi connectivity index (χ0n) is 12.1. The van der Waals surface area contributed by atoms with E-state index in [9.17, 15) is 5.11 Å². The second-order valence-electron chi connectivity index (χ2n) is 6.96. The molecule has 3 heteroatoms. The van der Waals surface area contributed by atoms with Crippen LogP contribution in [0.3, 0.4) is 0 Å². The molecule has 1 aliphatic heterocycles. The summed E-state index contributed by atoms with van der Waals surface area (Å²) in [6, 6.07) is 0. The summed E-state index contributed by atoms with van der Waals surface area (Å²) in [5.74, 6) is 1.33. The summed E-state index contributed by atoms with van der Waals surface area (Å²) < 4.78 is 0. The number of rotatable bonds is 3. The van der Waals surface area contributed by atoms with Crippen LogP contribution in [0.5, 0.6) is 0 Å². The van der Waals surface area contributed by atoms with Gasteiger partial charge in [-0.2, -0.15) is 0 Å². The molecule has 106 valence electrons. The topological polar surface area (TPSA) is 49.5 Å². The van der Waals surface area contributed by atoms with Gasteiger partial charge in [0.15, 0.2) is 0 Å². The Hall–Kier alpha value is -0.120. The van der Waals surface area contributed by atoms with Crippen molar-refractivity contribution in [1.29, 1.82) is 0 Å². The summed E-state index contributed by atoms with van der Waals surface area (Å²) in [7, 11) is 0. The maximum atomic E-state index is 10.0. The Morgan fingerprint density at radius 2 is 1.89 bits per heavy atom. The third-order valence-corrected chi connectivity index (χ3v) is 5.33. The van der Waals surface area contributed by atoms with Crippen LogP contribution in [0.15, 0.2) is 0 Å². The van der Waals surface area contributed by atoms with Gasteiger partial charge in [-0.1, -0.05) is 26.7 Å². The quantitative estimate of drug-likeness (QED) is 0.808. The first-order valence-electron chi connectivity index (χ1n) is 7.65. The van der Waals surface area contributed by atoms with Crippen LogP contribution in [0.4, 0.5) is 0 Å². The van der Waals surface area contributed by atoms with Gasteiger partial charge in [-0.25, -0.2) is 0 Å². The lowest BCUT2D eigenvalue weighted by atomic mass is 9.70. The van der Waals surface area contributed by atoms with Gasteiger partial charge in [0.2, 0.25) is 0 Å². The monoisotopic (exact) mass is 254 g/mol. The van der Waals surface area contributed by atoms with Gasteiger partial charge in [-0.05, 0) is 49.6 Å². The van der Waals surface area contributed by atoms with Gasteiger partial charge in [-0.15, -0.1) is 0 Å². The minimum atomic E-state index is -0.143. The van der Waals surface area contributed by atoms with E-state index >= 15 is 0 Å². The van der Waals surface area contributed by atoms with Crippen molar-refractivity contribution in [2.24, 2.45) is 23.0 Å². The van der Waals surface area contributed by atoms with Gasteiger partial charge in [0.25, 0.3) is 0 Å². The summed E-state index contributed by atoms with van der Waals surface area (Å²) >= 11 is 0. The number of nitrogens with two attached hydrogens (primary N) is 1. The number of hydrogen-bond acceptors (Lipinski definition) is 3. The molecular formula is C15H30N2O. The molecule has 2 fully saturated rings. The van der Waals surface area contributed by atoms with E-state index in [1.807, 2.05) is 0 Å². The van der Waals surface area contributed by atoms with Gasteiger partial charge < -0.3 is 15.7 Å². The van der Waals surface area contributed by atoms with Crippen molar-refractivity contribution in [3.8, 4) is 0 Å². The first-order chi connectivity index (χ1) is 8.54. The highest BCUT2D eigenvalue weighted by Crippen LogP contribution is 2.39. The molecule has 1 aliphatic carbocycles. The van der Waals surface area contributed by atoms with Gasteiger partial charge in [-0.3, -0.25) is 0 Å². The molecular weight excluding hydrogens is 224 g/mol. The molecule has 0 aromatic rings. The zero-order chi connectivity index (χ0) is 13.2. The second-order valence-corrected chi connectivity index (χ2v) is 6.96. The minimum Gasteiger partial charge on any atom is -0.392 e. The number of hydrogen-bond donors (Lipinski definition) is 2. The summed E-state index contributed by atoms with van der Waals surface area (Å²) in [5.41, 5.74) is 6.40. The van der Waals surface area contributed by atoms with Crippen LogP contribution < -0.4 is 5.73 Å². The Morgan fingerprint density at radius 3 is 2.44 bits per heavy atom. The van der Waals surface area contributed by atoms with E-state index in [1.54, 1.807) is 0 Å². The number of nitrogens with zero attached hydrogens (tertiary/aromatic N) is 1. The van der Waals surface area contributed by atoms with Crippen LogP contribution in [-0.2, 0) is 0 Å². The van der Waals surface area contributed by atoms with Gasteiger partial charge in [0.05, 0.1) is 6.10 Å². The van der Waals surface area contributed by atoms with E-state index in [4.69, 9.17) is 5.73 Å². The molecule has 0 aromatic heterocycles. The SMILES string of the molecule is CC1CCC(CN)(CN2CCC(C)C(O)C2)CC1. The smallest absolute Gasteiger partial charge is 0.0693 e. The molecule has 2 atom stereocenters. The van der Waals surface area contributed by atoms with Crippen molar-refractivity contribution < 1.29 is 5.11 Å². The molecule has 2 aliphatic rings. The summed E-state index contributed by atoms with van der Waals surface area (Å²) in [6.45, 7) is 8.39. The molecule has 18 heavy (non-hydrogen) atoms. The highest BCUT2D eigenvalue weighted by atomic mass is 16.3. The fourth-order valence-corrected chi connectivity index (χ4v) is 3.53. The number of piperidine rings is 1. The highest BCUT2D eigenvalue weighted by Gasteiger charge is 2.36. The average molecular weight is 254 g/mol. The molecule has 2 unspecified atom stereocenters. The van der Waals surface area contributed by atoms with Gasteiger partial charge in [0, 0.05) is 13.1 Å². The maximum absolute atomic E-state index is 10.0. The molecule has 0 amide bonds. The molecule has 0 radical (unpaired) electrons. The Bertz CT molecular complexity index is 261. The van der Waals surface area contributed by atoms with E-state index in [0.29, 0.717) is 11.3 Å². The largest absolute Gasteiger partial charge is 0.392 e. The van der Waals surface area contributed by atoms with E-state index in [0.717, 1.165) is 38.5 Å². The van der Waals surface area contributed by atoms with Gasteiger partial charge >= 0.3 is 0 Å². The fraction of sp³-hybridized carbons (Fsp3) is 1.00. The van der Waals surface area contributed by atoms with Gasteiger partial charge in [0.1, 0.15) is 0 Å². The van der Waals surface area contributed by atoms with Crippen molar-refractivity contribution in [1.82, 2.24) is 4.90 Å². The minimum absolute atomic E-state index is 0.143. The normalized spacial score (nSPS) is 43.0. The Labute approximate surface area is 112 Å². The molecule has 1 saturated heterocycles. The first-order valence-corrected chi connectivity index (χ1v) is 7.65. The van der Waals surface area contributed by atoms with E-state index in [2.05, 4.69) is 18.7 Å². The van der Waals surface area contributed by atoms with Crippen molar-refractivity contribution in [2.45, 2.75) is 52.1 Å². The fourth-order valence-electron chi connectivity index (χ4n) is 3.53. The van der Waals surface area contributed by atoms with E-state index in [-0.39, 0.29) is 6.10 Å². The van der Waals surface area contributed by atoms with Crippen molar-refractivity contribution in [3.05, 3.63) is 0 Å². The Kier molecular flexibility index (Phi) is 4.68. The molecule has 1 heterocycles. The predicted octanol–water partition coefficient (Wildman–Crippen LogP) is 1.84. The molecule has 0 spiro atoms. The number of likely N-dealkylation sites (tertiary alicyclic amines) is 1. The van der Waals surface area contributed by atoms with Crippen LogP contribution in [-0.4, -0.2) is 42.3 Å². The lowest BCUT2D eigenvalue weighted by Gasteiger charge is -2.44. The number of aliphatic hydroxyl groups is 1. The van der Waals surface area contributed by atoms with Crippen LogP contribution in [0.25, 0.3) is 0 Å². The van der Waals surface area contributed by atoms with E-state index < -0.39 is 0 Å². The number of aliphatic hydroxyl groups excluding tert-OH is 1. The third-order valence-electron chi connectivity index (χ3n) is 5.33. The average Bonchev–Trinajstić information content (AvgIpc) is 2.37. The van der Waals surface area contributed by atoms with Crippen LogP contribution >= 0.6 is 0 Å². The highest BCUT2D eigenvalue weighted by molar-refractivity contribution is 4.90. The first kappa shape index (κ1) is 14.3. The van der Waals surface area contributed by atoms with Crippen LogP contribution in [0.1, 0.15) is 46.0 Å². The molecule has 2 rings (SSSR count). The van der Waals surface area contributed by atoms with Crippen molar-refractivity contribution in [2.75, 3.05) is 26.2 Å². The van der Waals surface area contributed by atoms with Crippen LogP contribution in [0.2, 0.25) is 0 Å². The van der Waals surface area contributed by atoms with Crippen molar-refractivity contribution in [3.63, 3.8) is 0 Å². The zero-order valence-corrected chi connectivity index (χ0v) is 12.1.